The monoisotopic (exact) mass is 452 g/mol. The van der Waals surface area contributed by atoms with Gasteiger partial charge in [-0.1, -0.05) is 67.4 Å². The lowest BCUT2D eigenvalue weighted by Crippen LogP contribution is -2.24. The lowest BCUT2D eigenvalue weighted by atomic mass is 9.99. The van der Waals surface area contributed by atoms with Gasteiger partial charge in [-0.2, -0.15) is 4.98 Å². The third kappa shape index (κ3) is 4.32. The molecule has 0 atom stereocenters. The highest BCUT2D eigenvalue weighted by Crippen LogP contribution is 2.30. The minimum Gasteiger partial charge on any atom is -0.497 e. The van der Waals surface area contributed by atoms with E-state index < -0.39 is 0 Å². The molecule has 4 aromatic rings. The Morgan fingerprint density at radius 2 is 1.71 bits per heavy atom. The smallest absolute Gasteiger partial charge is 0.348 e. The van der Waals surface area contributed by atoms with Crippen LogP contribution in [0.1, 0.15) is 30.9 Å². The Kier molecular flexibility index (Phi) is 6.03. The van der Waals surface area contributed by atoms with Crippen LogP contribution in [-0.2, 0) is 6.54 Å². The van der Waals surface area contributed by atoms with Crippen molar-refractivity contribution < 1.29 is 4.74 Å². The first-order valence-corrected chi connectivity index (χ1v) is 10.8. The number of methoxy groups -OCH3 is 1. The van der Waals surface area contributed by atoms with Crippen molar-refractivity contribution in [2.45, 2.75) is 26.3 Å². The van der Waals surface area contributed by atoms with Gasteiger partial charge in [0.15, 0.2) is 0 Å². The number of hydrogen-bond acceptors (Lipinski definition) is 3. The van der Waals surface area contributed by atoms with Gasteiger partial charge in [0, 0.05) is 10.9 Å². The minimum atomic E-state index is -0.327. The molecule has 0 N–H and O–H groups in total. The molecule has 158 valence electrons. The maximum Gasteiger partial charge on any atom is 0.348 e. The summed E-state index contributed by atoms with van der Waals surface area (Å²) in [6, 6.07) is 19.2. The number of fused-ring (bicyclic) bond motifs is 1. The summed E-state index contributed by atoms with van der Waals surface area (Å²) in [5.74, 6) is 1.13. The Bertz CT molecular complexity index is 1310. The quantitative estimate of drug-likeness (QED) is 0.344. The van der Waals surface area contributed by atoms with Gasteiger partial charge in [0.1, 0.15) is 5.75 Å². The van der Waals surface area contributed by atoms with Crippen LogP contribution in [0.3, 0.4) is 0 Å². The molecular formula is C25H22Cl2N2O2. The first kappa shape index (κ1) is 21.4. The molecule has 0 fully saturated rings. The van der Waals surface area contributed by atoms with Crippen LogP contribution in [-0.4, -0.2) is 16.7 Å². The zero-order valence-electron chi connectivity index (χ0n) is 17.5. The summed E-state index contributed by atoms with van der Waals surface area (Å²) in [5.41, 5.74) is 4.07. The van der Waals surface area contributed by atoms with Crippen LogP contribution < -0.4 is 10.4 Å². The predicted molar refractivity (Wildman–Crippen MR) is 128 cm³/mol. The summed E-state index contributed by atoms with van der Waals surface area (Å²) in [4.78, 5) is 17.5. The average Bonchev–Trinajstić information content (AvgIpc) is 2.77. The molecule has 0 spiro atoms. The molecule has 0 aliphatic heterocycles. The van der Waals surface area contributed by atoms with Crippen molar-refractivity contribution in [3.8, 4) is 17.0 Å². The topological polar surface area (TPSA) is 44.1 Å². The Hall–Kier alpha value is -2.82. The van der Waals surface area contributed by atoms with Gasteiger partial charge in [-0.05, 0) is 47.4 Å². The van der Waals surface area contributed by atoms with E-state index in [0.29, 0.717) is 34.0 Å². The SMILES string of the molecule is COc1ccc2c(c1)c(-c1ccc(C(C)C)cc1)nc(=O)n2Cc1ccc(Cl)c(Cl)c1. The standard InChI is InChI=1S/C25H22Cl2N2O2/c1-15(2)17-5-7-18(8-6-17)24-20-13-19(31-3)9-11-23(20)29(25(30)28-24)14-16-4-10-21(26)22(27)12-16/h4-13,15H,14H2,1-3H3. The molecule has 6 heteroatoms. The zero-order valence-corrected chi connectivity index (χ0v) is 19.0. The van der Waals surface area contributed by atoms with E-state index in [-0.39, 0.29) is 5.69 Å². The number of benzene rings is 3. The molecular weight excluding hydrogens is 431 g/mol. The van der Waals surface area contributed by atoms with Crippen molar-refractivity contribution in [1.29, 1.82) is 0 Å². The number of halogens is 2. The van der Waals surface area contributed by atoms with E-state index >= 15 is 0 Å². The molecule has 0 bridgehead atoms. The number of rotatable bonds is 5. The maximum absolute atomic E-state index is 13.1. The van der Waals surface area contributed by atoms with Gasteiger partial charge in [-0.15, -0.1) is 0 Å². The molecule has 0 saturated heterocycles. The molecule has 31 heavy (non-hydrogen) atoms. The Morgan fingerprint density at radius 3 is 2.35 bits per heavy atom. The fourth-order valence-corrected chi connectivity index (χ4v) is 3.93. The summed E-state index contributed by atoms with van der Waals surface area (Å²) in [7, 11) is 1.62. The molecule has 4 rings (SSSR count). The van der Waals surface area contributed by atoms with Crippen LogP contribution in [0, 0.1) is 0 Å². The molecule has 3 aromatic carbocycles. The fraction of sp³-hybridized carbons (Fsp3) is 0.200. The number of hydrogen-bond donors (Lipinski definition) is 0. The van der Waals surface area contributed by atoms with Gasteiger partial charge < -0.3 is 4.74 Å². The van der Waals surface area contributed by atoms with Gasteiger partial charge in [-0.3, -0.25) is 4.57 Å². The minimum absolute atomic E-state index is 0.327. The molecule has 0 saturated carbocycles. The van der Waals surface area contributed by atoms with Crippen LogP contribution in [0.5, 0.6) is 5.75 Å². The molecule has 1 heterocycles. The summed E-state index contributed by atoms with van der Waals surface area (Å²) < 4.78 is 7.07. The predicted octanol–water partition coefficient (Wildman–Crippen LogP) is 6.55. The highest BCUT2D eigenvalue weighted by atomic mass is 35.5. The largest absolute Gasteiger partial charge is 0.497 e. The van der Waals surface area contributed by atoms with Crippen LogP contribution in [0.25, 0.3) is 22.2 Å². The van der Waals surface area contributed by atoms with Crippen molar-refractivity contribution in [2.75, 3.05) is 7.11 Å². The van der Waals surface area contributed by atoms with Crippen LogP contribution in [0.15, 0.2) is 65.5 Å². The van der Waals surface area contributed by atoms with E-state index in [4.69, 9.17) is 27.9 Å². The Labute approximate surface area is 191 Å². The second-order valence-electron chi connectivity index (χ2n) is 7.74. The summed E-state index contributed by atoms with van der Waals surface area (Å²) in [6.45, 7) is 4.63. The molecule has 0 amide bonds. The maximum atomic E-state index is 13.1. The second-order valence-corrected chi connectivity index (χ2v) is 8.55. The lowest BCUT2D eigenvalue weighted by Gasteiger charge is -2.15. The first-order chi connectivity index (χ1) is 14.9. The summed E-state index contributed by atoms with van der Waals surface area (Å²) >= 11 is 12.2. The van der Waals surface area contributed by atoms with Gasteiger partial charge in [-0.25, -0.2) is 4.79 Å². The van der Waals surface area contributed by atoms with Gasteiger partial charge >= 0.3 is 5.69 Å². The number of aromatic nitrogens is 2. The normalized spacial score (nSPS) is 11.3. The third-order valence-corrected chi connectivity index (χ3v) is 6.10. The van der Waals surface area contributed by atoms with E-state index in [1.165, 1.54) is 5.56 Å². The third-order valence-electron chi connectivity index (χ3n) is 5.36. The Morgan fingerprint density at radius 1 is 0.968 bits per heavy atom. The van der Waals surface area contributed by atoms with Gasteiger partial charge in [0.05, 0.1) is 34.9 Å². The molecule has 0 aliphatic carbocycles. The first-order valence-electron chi connectivity index (χ1n) is 10.00. The molecule has 0 aliphatic rings. The van der Waals surface area contributed by atoms with Crippen molar-refractivity contribution in [1.82, 2.24) is 9.55 Å². The highest BCUT2D eigenvalue weighted by Gasteiger charge is 2.14. The fourth-order valence-electron chi connectivity index (χ4n) is 3.61. The number of nitrogens with zero attached hydrogens (tertiary/aromatic N) is 2. The summed E-state index contributed by atoms with van der Waals surface area (Å²) in [6.07, 6.45) is 0. The lowest BCUT2D eigenvalue weighted by molar-refractivity contribution is 0.415. The van der Waals surface area contributed by atoms with E-state index in [9.17, 15) is 4.79 Å². The molecule has 0 radical (unpaired) electrons. The molecule has 0 unspecified atom stereocenters. The van der Waals surface area contributed by atoms with Crippen molar-refractivity contribution in [3.05, 3.63) is 92.3 Å². The van der Waals surface area contributed by atoms with Crippen molar-refractivity contribution in [2.24, 2.45) is 0 Å². The van der Waals surface area contributed by atoms with E-state index in [2.05, 4.69) is 31.0 Å². The van der Waals surface area contributed by atoms with E-state index in [1.54, 1.807) is 23.8 Å². The summed E-state index contributed by atoms with van der Waals surface area (Å²) in [5, 5.41) is 1.77. The van der Waals surface area contributed by atoms with Gasteiger partial charge in [0.25, 0.3) is 0 Å². The Balaban J connectivity index is 1.89. The second kappa shape index (κ2) is 8.74. The van der Waals surface area contributed by atoms with Crippen molar-refractivity contribution in [3.63, 3.8) is 0 Å². The molecule has 4 nitrogen and oxygen atoms in total. The van der Waals surface area contributed by atoms with E-state index in [1.807, 2.05) is 36.4 Å². The van der Waals surface area contributed by atoms with Crippen LogP contribution in [0.2, 0.25) is 10.0 Å². The van der Waals surface area contributed by atoms with Crippen molar-refractivity contribution >= 4 is 34.1 Å². The van der Waals surface area contributed by atoms with Gasteiger partial charge in [0.2, 0.25) is 0 Å². The number of ether oxygens (including phenoxy) is 1. The average molecular weight is 453 g/mol. The van der Waals surface area contributed by atoms with Crippen LogP contribution >= 0.6 is 23.2 Å². The zero-order chi connectivity index (χ0) is 22.1. The molecule has 1 aromatic heterocycles. The highest BCUT2D eigenvalue weighted by molar-refractivity contribution is 6.42. The van der Waals surface area contributed by atoms with E-state index in [0.717, 1.165) is 22.0 Å². The van der Waals surface area contributed by atoms with Crippen LogP contribution in [0.4, 0.5) is 0 Å².